The van der Waals surface area contributed by atoms with Gasteiger partial charge < -0.3 is 10.6 Å². The minimum atomic E-state index is -0.443. The van der Waals surface area contributed by atoms with Crippen LogP contribution in [0.5, 0.6) is 0 Å². The van der Waals surface area contributed by atoms with E-state index in [1.54, 1.807) is 13.1 Å². The normalized spacial score (nSPS) is 10.2. The van der Waals surface area contributed by atoms with E-state index >= 15 is 0 Å². The van der Waals surface area contributed by atoms with Gasteiger partial charge >= 0.3 is 0 Å². The van der Waals surface area contributed by atoms with E-state index in [1.165, 1.54) is 12.1 Å². The molecule has 0 aliphatic heterocycles. The number of nitrogens with one attached hydrogen (secondary N) is 2. The Labute approximate surface area is 125 Å². The van der Waals surface area contributed by atoms with Crippen LogP contribution in [0.3, 0.4) is 0 Å². The van der Waals surface area contributed by atoms with Gasteiger partial charge in [0.25, 0.3) is 5.91 Å². The Kier molecular flexibility index (Phi) is 4.74. The summed E-state index contributed by atoms with van der Waals surface area (Å²) in [5.41, 5.74) is 1.46. The van der Waals surface area contributed by atoms with Crippen molar-refractivity contribution in [3.05, 3.63) is 63.9 Å². The SMILES string of the molecule is CNc1c(F)cccc1C(=O)NCc1ccccc1Br. The minimum absolute atomic E-state index is 0.206. The molecule has 2 rings (SSSR count). The van der Waals surface area contributed by atoms with Gasteiger partial charge in [0.1, 0.15) is 5.82 Å². The fourth-order valence-corrected chi connectivity index (χ4v) is 2.30. The monoisotopic (exact) mass is 336 g/mol. The number of carbonyl (C=O) groups is 1. The second-order valence-corrected chi connectivity index (χ2v) is 5.04. The summed E-state index contributed by atoms with van der Waals surface area (Å²) in [6.07, 6.45) is 0. The maximum atomic E-state index is 13.6. The summed E-state index contributed by atoms with van der Waals surface area (Å²) < 4.78 is 14.5. The summed E-state index contributed by atoms with van der Waals surface area (Å²) in [5, 5.41) is 5.49. The molecular weight excluding hydrogens is 323 g/mol. The molecule has 0 aliphatic carbocycles. The molecule has 0 unspecified atom stereocenters. The van der Waals surface area contributed by atoms with Gasteiger partial charge in [-0.05, 0) is 23.8 Å². The highest BCUT2D eigenvalue weighted by Gasteiger charge is 2.13. The zero-order valence-corrected chi connectivity index (χ0v) is 12.5. The largest absolute Gasteiger partial charge is 0.385 e. The summed E-state index contributed by atoms with van der Waals surface area (Å²) in [5.74, 6) is -0.759. The summed E-state index contributed by atoms with van der Waals surface area (Å²) in [6.45, 7) is 0.375. The second-order valence-electron chi connectivity index (χ2n) is 4.19. The van der Waals surface area contributed by atoms with E-state index < -0.39 is 5.82 Å². The van der Waals surface area contributed by atoms with Crippen LogP contribution < -0.4 is 10.6 Å². The van der Waals surface area contributed by atoms with Gasteiger partial charge in [-0.1, -0.05) is 40.2 Å². The molecule has 0 spiro atoms. The van der Waals surface area contributed by atoms with E-state index in [0.29, 0.717) is 12.1 Å². The number of amides is 1. The molecule has 0 aromatic heterocycles. The molecule has 0 aliphatic rings. The molecule has 2 N–H and O–H groups in total. The standard InChI is InChI=1S/C15H14BrFN2O/c1-18-14-11(6-4-8-13(14)17)15(20)19-9-10-5-2-3-7-12(10)16/h2-8,18H,9H2,1H3,(H,19,20). The molecule has 2 aromatic carbocycles. The average Bonchev–Trinajstić information content (AvgIpc) is 2.46. The molecule has 0 radical (unpaired) electrons. The predicted molar refractivity (Wildman–Crippen MR) is 81.3 cm³/mol. The highest BCUT2D eigenvalue weighted by Crippen LogP contribution is 2.20. The van der Waals surface area contributed by atoms with Crippen LogP contribution in [0.15, 0.2) is 46.9 Å². The Morgan fingerprint density at radius 1 is 1.20 bits per heavy atom. The fourth-order valence-electron chi connectivity index (χ4n) is 1.88. The van der Waals surface area contributed by atoms with Gasteiger partial charge in [-0.25, -0.2) is 4.39 Å². The maximum Gasteiger partial charge on any atom is 0.253 e. The van der Waals surface area contributed by atoms with Gasteiger partial charge in [-0.15, -0.1) is 0 Å². The van der Waals surface area contributed by atoms with Crippen LogP contribution in [0.4, 0.5) is 10.1 Å². The Bertz CT molecular complexity index is 631. The van der Waals surface area contributed by atoms with E-state index in [1.807, 2.05) is 24.3 Å². The summed E-state index contributed by atoms with van der Waals surface area (Å²) >= 11 is 3.42. The maximum absolute atomic E-state index is 13.6. The average molecular weight is 337 g/mol. The van der Waals surface area contributed by atoms with Crippen molar-refractivity contribution in [3.63, 3.8) is 0 Å². The molecule has 2 aromatic rings. The van der Waals surface area contributed by atoms with Crippen LogP contribution in [0, 0.1) is 5.82 Å². The molecule has 104 valence electrons. The zero-order valence-electron chi connectivity index (χ0n) is 10.9. The number of carbonyl (C=O) groups excluding carboxylic acids is 1. The van der Waals surface area contributed by atoms with Crippen molar-refractivity contribution < 1.29 is 9.18 Å². The topological polar surface area (TPSA) is 41.1 Å². The molecule has 0 atom stereocenters. The van der Waals surface area contributed by atoms with Crippen molar-refractivity contribution in [2.45, 2.75) is 6.54 Å². The number of hydrogen-bond donors (Lipinski definition) is 2. The Morgan fingerprint density at radius 3 is 2.65 bits per heavy atom. The van der Waals surface area contributed by atoms with Crippen molar-refractivity contribution in [3.8, 4) is 0 Å². The van der Waals surface area contributed by atoms with Crippen molar-refractivity contribution in [1.29, 1.82) is 0 Å². The summed E-state index contributed by atoms with van der Waals surface area (Å²) in [6, 6.07) is 12.0. The lowest BCUT2D eigenvalue weighted by Crippen LogP contribution is -2.24. The number of rotatable bonds is 4. The highest BCUT2D eigenvalue weighted by atomic mass is 79.9. The number of halogens is 2. The first kappa shape index (κ1) is 14.5. The second kappa shape index (κ2) is 6.52. The van der Waals surface area contributed by atoms with Crippen LogP contribution in [0.2, 0.25) is 0 Å². The fraction of sp³-hybridized carbons (Fsp3) is 0.133. The van der Waals surface area contributed by atoms with E-state index in [2.05, 4.69) is 26.6 Å². The summed E-state index contributed by atoms with van der Waals surface area (Å²) in [4.78, 5) is 12.1. The summed E-state index contributed by atoms with van der Waals surface area (Å²) in [7, 11) is 1.59. The molecule has 0 saturated carbocycles. The molecule has 3 nitrogen and oxygen atoms in total. The van der Waals surface area contributed by atoms with Crippen molar-refractivity contribution in [1.82, 2.24) is 5.32 Å². The van der Waals surface area contributed by atoms with E-state index in [-0.39, 0.29) is 11.6 Å². The molecule has 0 heterocycles. The van der Waals surface area contributed by atoms with Gasteiger partial charge in [0.15, 0.2) is 0 Å². The first-order valence-electron chi connectivity index (χ1n) is 6.11. The molecule has 0 bridgehead atoms. The van der Waals surface area contributed by atoms with Crippen LogP contribution in [0.1, 0.15) is 15.9 Å². The lowest BCUT2D eigenvalue weighted by Gasteiger charge is -2.11. The lowest BCUT2D eigenvalue weighted by atomic mass is 10.1. The van der Waals surface area contributed by atoms with Crippen molar-refractivity contribution >= 4 is 27.5 Å². The van der Waals surface area contributed by atoms with Gasteiger partial charge in [-0.3, -0.25) is 4.79 Å². The molecule has 5 heteroatoms. The van der Waals surface area contributed by atoms with Gasteiger partial charge in [-0.2, -0.15) is 0 Å². The zero-order chi connectivity index (χ0) is 14.5. The van der Waals surface area contributed by atoms with E-state index in [4.69, 9.17) is 0 Å². The first-order chi connectivity index (χ1) is 9.63. The molecule has 1 amide bonds. The van der Waals surface area contributed by atoms with Crippen LogP contribution in [0.25, 0.3) is 0 Å². The third-order valence-corrected chi connectivity index (χ3v) is 3.68. The number of para-hydroxylation sites is 1. The van der Waals surface area contributed by atoms with Crippen LogP contribution in [-0.2, 0) is 6.54 Å². The minimum Gasteiger partial charge on any atom is -0.385 e. The number of anilines is 1. The van der Waals surface area contributed by atoms with Crippen molar-refractivity contribution in [2.24, 2.45) is 0 Å². The smallest absolute Gasteiger partial charge is 0.253 e. The van der Waals surface area contributed by atoms with Crippen LogP contribution in [-0.4, -0.2) is 13.0 Å². The highest BCUT2D eigenvalue weighted by molar-refractivity contribution is 9.10. The first-order valence-corrected chi connectivity index (χ1v) is 6.90. The van der Waals surface area contributed by atoms with Gasteiger partial charge in [0.05, 0.1) is 11.3 Å². The molecule has 0 fully saturated rings. The molecule has 20 heavy (non-hydrogen) atoms. The van der Waals surface area contributed by atoms with Crippen LogP contribution >= 0.6 is 15.9 Å². The van der Waals surface area contributed by atoms with E-state index in [9.17, 15) is 9.18 Å². The Balaban J connectivity index is 2.14. The Hall–Kier alpha value is -1.88. The van der Waals surface area contributed by atoms with E-state index in [0.717, 1.165) is 10.0 Å². The Morgan fingerprint density at radius 2 is 1.95 bits per heavy atom. The van der Waals surface area contributed by atoms with Gasteiger partial charge in [0.2, 0.25) is 0 Å². The third-order valence-electron chi connectivity index (χ3n) is 2.91. The number of benzene rings is 2. The molecule has 0 saturated heterocycles. The third kappa shape index (κ3) is 3.17. The quantitative estimate of drug-likeness (QED) is 0.896. The van der Waals surface area contributed by atoms with Crippen molar-refractivity contribution in [2.75, 3.05) is 12.4 Å². The predicted octanol–water partition coefficient (Wildman–Crippen LogP) is 3.56. The molecular formula is C15H14BrFN2O. The van der Waals surface area contributed by atoms with Gasteiger partial charge in [0, 0.05) is 18.1 Å². The lowest BCUT2D eigenvalue weighted by molar-refractivity contribution is 0.0951. The number of hydrogen-bond acceptors (Lipinski definition) is 2.